The number of carbonyl (C=O) groups excluding carboxylic acids is 1. The molecule has 108 valence electrons. The molecular formula is C15H21N3OS. The van der Waals surface area contributed by atoms with Gasteiger partial charge in [-0.1, -0.05) is 26.0 Å². The van der Waals surface area contributed by atoms with Crippen LogP contribution in [0.25, 0.3) is 11.0 Å². The first-order chi connectivity index (χ1) is 9.65. The van der Waals surface area contributed by atoms with Crippen LogP contribution in [0.2, 0.25) is 0 Å². The molecule has 0 atom stereocenters. The second-order valence-corrected chi connectivity index (χ2v) is 6.21. The van der Waals surface area contributed by atoms with Crippen molar-refractivity contribution in [1.82, 2.24) is 15.3 Å². The predicted molar refractivity (Wildman–Crippen MR) is 84.7 cm³/mol. The maximum atomic E-state index is 11.6. The van der Waals surface area contributed by atoms with E-state index in [0.717, 1.165) is 35.6 Å². The van der Waals surface area contributed by atoms with Gasteiger partial charge in [0.25, 0.3) is 0 Å². The molecule has 1 aromatic carbocycles. The number of carbonyl (C=O) groups is 1. The third-order valence-corrected chi connectivity index (χ3v) is 3.90. The van der Waals surface area contributed by atoms with Gasteiger partial charge in [-0.25, -0.2) is 4.98 Å². The molecule has 2 aromatic rings. The van der Waals surface area contributed by atoms with Crippen LogP contribution < -0.4 is 5.32 Å². The molecule has 2 N–H and O–H groups in total. The molecule has 1 amide bonds. The van der Waals surface area contributed by atoms with Crippen molar-refractivity contribution in [2.24, 2.45) is 5.92 Å². The minimum absolute atomic E-state index is 0.103. The van der Waals surface area contributed by atoms with Crippen LogP contribution in [0, 0.1) is 5.92 Å². The lowest BCUT2D eigenvalue weighted by Gasteiger charge is -2.06. The molecule has 4 nitrogen and oxygen atoms in total. The molecule has 0 radical (unpaired) electrons. The number of para-hydroxylation sites is 2. The molecule has 0 fully saturated rings. The molecule has 0 bridgehead atoms. The molecule has 0 saturated carbocycles. The van der Waals surface area contributed by atoms with Gasteiger partial charge in [-0.05, 0) is 24.5 Å². The summed E-state index contributed by atoms with van der Waals surface area (Å²) >= 11 is 1.58. The predicted octanol–water partition coefficient (Wildman–Crippen LogP) is 2.96. The summed E-state index contributed by atoms with van der Waals surface area (Å²) in [6, 6.07) is 7.95. The largest absolute Gasteiger partial charge is 0.355 e. The van der Waals surface area contributed by atoms with Gasteiger partial charge in [0.2, 0.25) is 5.91 Å². The second kappa shape index (κ2) is 7.33. The SMILES string of the molecule is CC(C)CCNC(=O)CSCc1nc2ccccc2[nH]1. The molecule has 0 unspecified atom stereocenters. The number of hydrogen-bond donors (Lipinski definition) is 2. The average Bonchev–Trinajstić information content (AvgIpc) is 2.80. The Kier molecular flexibility index (Phi) is 5.47. The van der Waals surface area contributed by atoms with E-state index in [-0.39, 0.29) is 5.91 Å². The highest BCUT2D eigenvalue weighted by molar-refractivity contribution is 7.99. The highest BCUT2D eigenvalue weighted by Crippen LogP contribution is 2.14. The van der Waals surface area contributed by atoms with Crippen molar-refractivity contribution in [1.29, 1.82) is 0 Å². The number of aromatic nitrogens is 2. The Hall–Kier alpha value is -1.49. The Labute approximate surface area is 123 Å². The monoisotopic (exact) mass is 291 g/mol. The van der Waals surface area contributed by atoms with Crippen molar-refractivity contribution in [2.75, 3.05) is 12.3 Å². The van der Waals surface area contributed by atoms with Crippen molar-refractivity contribution in [3.8, 4) is 0 Å². The Bertz CT molecular complexity index is 532. The maximum Gasteiger partial charge on any atom is 0.230 e. The number of imidazole rings is 1. The zero-order valence-corrected chi connectivity index (χ0v) is 12.8. The number of nitrogens with one attached hydrogen (secondary N) is 2. The number of amides is 1. The fraction of sp³-hybridized carbons (Fsp3) is 0.467. The molecule has 0 aliphatic heterocycles. The average molecular weight is 291 g/mol. The number of aromatic amines is 1. The Morgan fingerprint density at radius 2 is 2.20 bits per heavy atom. The zero-order chi connectivity index (χ0) is 14.4. The van der Waals surface area contributed by atoms with Crippen LogP contribution in [0.1, 0.15) is 26.1 Å². The lowest BCUT2D eigenvalue weighted by molar-refractivity contribution is -0.118. The van der Waals surface area contributed by atoms with Gasteiger partial charge in [0.1, 0.15) is 5.82 Å². The maximum absolute atomic E-state index is 11.6. The first kappa shape index (κ1) is 14.9. The molecule has 2 rings (SSSR count). The minimum Gasteiger partial charge on any atom is -0.355 e. The molecule has 0 saturated heterocycles. The van der Waals surface area contributed by atoms with Crippen molar-refractivity contribution in [3.63, 3.8) is 0 Å². The topological polar surface area (TPSA) is 57.8 Å². The summed E-state index contributed by atoms with van der Waals surface area (Å²) in [4.78, 5) is 19.4. The number of H-pyrrole nitrogens is 1. The van der Waals surface area contributed by atoms with E-state index < -0.39 is 0 Å². The first-order valence-electron chi connectivity index (χ1n) is 6.93. The van der Waals surface area contributed by atoms with Crippen LogP contribution in [0.5, 0.6) is 0 Å². The first-order valence-corrected chi connectivity index (χ1v) is 8.08. The highest BCUT2D eigenvalue weighted by atomic mass is 32.2. The lowest BCUT2D eigenvalue weighted by atomic mass is 10.1. The van der Waals surface area contributed by atoms with Gasteiger partial charge < -0.3 is 10.3 Å². The summed E-state index contributed by atoms with van der Waals surface area (Å²) in [7, 11) is 0. The van der Waals surface area contributed by atoms with Gasteiger partial charge in [-0.15, -0.1) is 11.8 Å². The molecular weight excluding hydrogens is 270 g/mol. The number of fused-ring (bicyclic) bond motifs is 1. The van der Waals surface area contributed by atoms with Crippen molar-refractivity contribution in [2.45, 2.75) is 26.0 Å². The van der Waals surface area contributed by atoms with Crippen LogP contribution in [-0.2, 0) is 10.5 Å². The third kappa shape index (κ3) is 4.56. The van der Waals surface area contributed by atoms with Gasteiger partial charge in [-0.2, -0.15) is 0 Å². The van der Waals surface area contributed by atoms with E-state index in [0.29, 0.717) is 11.7 Å². The van der Waals surface area contributed by atoms with Crippen LogP contribution in [0.3, 0.4) is 0 Å². The summed E-state index contributed by atoms with van der Waals surface area (Å²) in [6.45, 7) is 5.08. The van der Waals surface area contributed by atoms with Gasteiger partial charge in [0.15, 0.2) is 0 Å². The van der Waals surface area contributed by atoms with Crippen LogP contribution in [-0.4, -0.2) is 28.2 Å². The van der Waals surface area contributed by atoms with Crippen LogP contribution >= 0.6 is 11.8 Å². The molecule has 0 spiro atoms. The van der Waals surface area contributed by atoms with E-state index in [1.54, 1.807) is 11.8 Å². The molecule has 1 heterocycles. The fourth-order valence-electron chi connectivity index (χ4n) is 1.87. The van der Waals surface area contributed by atoms with E-state index in [4.69, 9.17) is 0 Å². The van der Waals surface area contributed by atoms with Gasteiger partial charge >= 0.3 is 0 Å². The summed E-state index contributed by atoms with van der Waals surface area (Å²) in [5.41, 5.74) is 2.02. The Morgan fingerprint density at radius 3 is 2.95 bits per heavy atom. The summed E-state index contributed by atoms with van der Waals surface area (Å²) in [5.74, 6) is 2.86. The smallest absolute Gasteiger partial charge is 0.230 e. The van der Waals surface area contributed by atoms with Crippen LogP contribution in [0.15, 0.2) is 24.3 Å². The lowest BCUT2D eigenvalue weighted by Crippen LogP contribution is -2.26. The van der Waals surface area contributed by atoms with Gasteiger partial charge in [-0.3, -0.25) is 4.79 Å². The molecule has 0 aliphatic carbocycles. The van der Waals surface area contributed by atoms with Crippen LogP contribution in [0.4, 0.5) is 0 Å². The Balaban J connectivity index is 1.71. The second-order valence-electron chi connectivity index (χ2n) is 5.23. The fourth-order valence-corrected chi connectivity index (χ4v) is 2.59. The standard InChI is InChI=1S/C15H21N3OS/c1-11(2)7-8-16-15(19)10-20-9-14-17-12-5-3-4-6-13(12)18-14/h3-6,11H,7-10H2,1-2H3,(H,16,19)(H,17,18). The van der Waals surface area contributed by atoms with Crippen molar-refractivity contribution in [3.05, 3.63) is 30.1 Å². The highest BCUT2D eigenvalue weighted by Gasteiger charge is 2.05. The van der Waals surface area contributed by atoms with E-state index >= 15 is 0 Å². The normalized spacial score (nSPS) is 11.2. The number of rotatable bonds is 7. The van der Waals surface area contributed by atoms with E-state index in [2.05, 4.69) is 29.1 Å². The zero-order valence-electron chi connectivity index (χ0n) is 12.0. The van der Waals surface area contributed by atoms with Crippen molar-refractivity contribution >= 4 is 28.7 Å². The van der Waals surface area contributed by atoms with Gasteiger partial charge in [0.05, 0.1) is 22.5 Å². The number of nitrogens with zero attached hydrogens (tertiary/aromatic N) is 1. The number of hydrogen-bond acceptors (Lipinski definition) is 3. The molecule has 5 heteroatoms. The quantitative estimate of drug-likeness (QED) is 0.824. The minimum atomic E-state index is 0.103. The summed E-state index contributed by atoms with van der Waals surface area (Å²) < 4.78 is 0. The van der Waals surface area contributed by atoms with Crippen molar-refractivity contribution < 1.29 is 4.79 Å². The number of benzene rings is 1. The van der Waals surface area contributed by atoms with E-state index in [1.807, 2.05) is 24.3 Å². The molecule has 20 heavy (non-hydrogen) atoms. The van der Waals surface area contributed by atoms with E-state index in [9.17, 15) is 4.79 Å². The molecule has 0 aliphatic rings. The Morgan fingerprint density at radius 1 is 1.40 bits per heavy atom. The van der Waals surface area contributed by atoms with Gasteiger partial charge in [0, 0.05) is 6.54 Å². The third-order valence-electron chi connectivity index (χ3n) is 2.95. The van der Waals surface area contributed by atoms with E-state index in [1.165, 1.54) is 0 Å². The molecule has 1 aromatic heterocycles. The summed E-state index contributed by atoms with van der Waals surface area (Å²) in [5, 5.41) is 2.94. The number of thioether (sulfide) groups is 1. The summed E-state index contributed by atoms with van der Waals surface area (Å²) in [6.07, 6.45) is 1.03.